The lowest BCUT2D eigenvalue weighted by molar-refractivity contribution is -0.118. The van der Waals surface area contributed by atoms with Crippen LogP contribution in [-0.2, 0) is 19.2 Å². The molecule has 57 heavy (non-hydrogen) atoms. The number of carbonyl (C=O) groups excluding carboxylic acids is 4. The molecule has 0 fully saturated rings. The molecule has 0 saturated heterocycles. The molecular weight excluding hydrogens is 866 g/mol. The van der Waals surface area contributed by atoms with Gasteiger partial charge < -0.3 is 66.3 Å². The quantitative estimate of drug-likeness (QED) is 0.0313. The van der Waals surface area contributed by atoms with Gasteiger partial charge in [-0.1, -0.05) is 31.9 Å². The van der Waals surface area contributed by atoms with Crippen LogP contribution in [0, 0.1) is 5.92 Å². The summed E-state index contributed by atoms with van der Waals surface area (Å²) in [5, 5.41) is 17.9. The second-order valence-corrected chi connectivity index (χ2v) is 14.3. The zero-order valence-corrected chi connectivity index (χ0v) is 35.4. The van der Waals surface area contributed by atoms with E-state index < -0.39 is 17.7 Å². The third kappa shape index (κ3) is 18.0. The highest BCUT2D eigenvalue weighted by Crippen LogP contribution is 2.37. The summed E-state index contributed by atoms with van der Waals surface area (Å²) in [6.07, 6.45) is 5.64. The Balaban J connectivity index is 2.32. The van der Waals surface area contributed by atoms with Crippen LogP contribution in [0.3, 0.4) is 0 Å². The Morgan fingerprint density at radius 2 is 1.11 bits per heavy atom. The zero-order valence-electron chi connectivity index (χ0n) is 32.2. The van der Waals surface area contributed by atoms with Gasteiger partial charge in [-0.2, -0.15) is 0 Å². The van der Waals surface area contributed by atoms with Gasteiger partial charge in [-0.15, -0.1) is 0 Å². The molecule has 1 atom stereocenters. The third-order valence-electron chi connectivity index (χ3n) is 7.69. The molecular formula is C36H55Br2N15O4. The number of guanidine groups is 2. The average molecular weight is 922 g/mol. The van der Waals surface area contributed by atoms with Gasteiger partial charge in [0.15, 0.2) is 11.9 Å². The molecule has 2 rings (SSSR count). The van der Waals surface area contributed by atoms with Crippen LogP contribution in [-0.4, -0.2) is 81.0 Å². The Bertz CT molecular complexity index is 1810. The highest BCUT2D eigenvalue weighted by Gasteiger charge is 2.21. The van der Waals surface area contributed by atoms with Crippen molar-refractivity contribution in [1.82, 2.24) is 0 Å². The summed E-state index contributed by atoms with van der Waals surface area (Å²) in [4.78, 5) is 65.2. The van der Waals surface area contributed by atoms with E-state index in [0.29, 0.717) is 94.9 Å². The SMILES string of the molecule is CC=N/C(=C\C(C)C(=O)Nc1cc(Br)cc(NC(=O)CCCCN=C(N)N)c1NCCN)C(=O)Nc1cc(Br)cc(NC(=O)CCCCN=C(N)N)c1NCCN. The Morgan fingerprint density at radius 3 is 1.51 bits per heavy atom. The molecule has 0 heterocycles. The first kappa shape index (κ1) is 47.9. The fourth-order valence-corrected chi connectivity index (χ4v) is 6.00. The Morgan fingerprint density at radius 1 is 0.684 bits per heavy atom. The largest absolute Gasteiger partial charge is 0.380 e. The standard InChI is InChI=1S/C36H55Br2N15O4/c1-3-45-28(34(57)53-27-20-23(38)18-25(32(27)47-15-11-40)51-30(55)9-5-7-13-49-36(43)44)16-21(2)33(56)52-26-19-22(37)17-24(31(26)46-14-10-39)50-29(54)8-4-6-12-48-35(41)42/h3,16-21,46-47H,4-15,39-40H2,1-2H3,(H,50,54)(H,51,55)(H,52,56)(H,53,57)(H4,41,42,48)(H4,43,44,49)/b28-16-,45-3?. The number of hydrogen-bond acceptors (Lipinski definition) is 11. The lowest BCUT2D eigenvalue weighted by Crippen LogP contribution is -2.24. The van der Waals surface area contributed by atoms with Crippen LogP contribution in [0.2, 0.25) is 0 Å². The van der Waals surface area contributed by atoms with E-state index in [9.17, 15) is 19.2 Å². The van der Waals surface area contributed by atoms with Crippen molar-refractivity contribution < 1.29 is 19.2 Å². The van der Waals surface area contributed by atoms with E-state index in [1.165, 1.54) is 12.3 Å². The number of rotatable bonds is 24. The summed E-state index contributed by atoms with van der Waals surface area (Å²) < 4.78 is 1.16. The maximum atomic E-state index is 13.8. The normalized spacial score (nSPS) is 11.6. The van der Waals surface area contributed by atoms with Crippen LogP contribution in [0.15, 0.2) is 60.0 Å². The Labute approximate surface area is 349 Å². The number of hydrogen-bond donors (Lipinski definition) is 12. The minimum atomic E-state index is -0.863. The molecule has 19 nitrogen and oxygen atoms in total. The van der Waals surface area contributed by atoms with E-state index in [0.717, 1.165) is 0 Å². The highest BCUT2D eigenvalue weighted by molar-refractivity contribution is 9.10. The summed E-state index contributed by atoms with van der Waals surface area (Å²) in [6.45, 7) is 5.31. The third-order valence-corrected chi connectivity index (χ3v) is 8.60. The first-order chi connectivity index (χ1) is 27.2. The zero-order chi connectivity index (χ0) is 42.3. The van der Waals surface area contributed by atoms with Gasteiger partial charge in [0.1, 0.15) is 5.70 Å². The molecule has 1 unspecified atom stereocenters. The van der Waals surface area contributed by atoms with Gasteiger partial charge in [0, 0.05) is 67.3 Å². The molecule has 18 N–H and O–H groups in total. The number of unbranched alkanes of at least 4 members (excludes halogenated alkanes) is 2. The van der Waals surface area contributed by atoms with Crippen LogP contribution < -0.4 is 66.3 Å². The predicted molar refractivity (Wildman–Crippen MR) is 238 cm³/mol. The topological polar surface area (TPSA) is 334 Å². The second kappa shape index (κ2) is 25.8. The number of nitrogens with one attached hydrogen (secondary N) is 6. The Kier molecular flexibility index (Phi) is 21.7. The number of halogens is 2. The summed E-state index contributed by atoms with van der Waals surface area (Å²) in [5.41, 5.74) is 35.4. The van der Waals surface area contributed by atoms with E-state index in [4.69, 9.17) is 34.4 Å². The molecule has 21 heteroatoms. The number of anilines is 6. The van der Waals surface area contributed by atoms with Gasteiger partial charge in [-0.05, 0) is 69.9 Å². The van der Waals surface area contributed by atoms with Crippen molar-refractivity contribution in [3.05, 3.63) is 45.0 Å². The minimum absolute atomic E-state index is 0.00501. The van der Waals surface area contributed by atoms with Crippen molar-refractivity contribution in [3.8, 4) is 0 Å². The number of benzene rings is 2. The first-order valence-electron chi connectivity index (χ1n) is 18.3. The van der Waals surface area contributed by atoms with Crippen molar-refractivity contribution in [1.29, 1.82) is 0 Å². The van der Waals surface area contributed by atoms with Gasteiger partial charge in [0.25, 0.3) is 5.91 Å². The summed E-state index contributed by atoms with van der Waals surface area (Å²) in [5.74, 6) is -2.45. The molecule has 2 aromatic carbocycles. The molecule has 2 aromatic rings. The fourth-order valence-electron chi connectivity index (χ4n) is 5.08. The Hall–Kier alpha value is -5.25. The van der Waals surface area contributed by atoms with Crippen molar-refractivity contribution >= 4 is 108 Å². The number of nitrogens with zero attached hydrogens (tertiary/aromatic N) is 3. The lowest BCUT2D eigenvalue weighted by Gasteiger charge is -2.20. The maximum absolute atomic E-state index is 13.8. The molecule has 0 radical (unpaired) electrons. The van der Waals surface area contributed by atoms with Crippen molar-refractivity contribution in [2.75, 3.05) is 71.2 Å². The van der Waals surface area contributed by atoms with Gasteiger partial charge >= 0.3 is 0 Å². The first-order valence-corrected chi connectivity index (χ1v) is 19.9. The molecule has 312 valence electrons. The summed E-state index contributed by atoms with van der Waals surface area (Å²) >= 11 is 6.93. The molecule has 0 saturated carbocycles. The van der Waals surface area contributed by atoms with E-state index in [2.05, 4.69) is 78.7 Å². The lowest BCUT2D eigenvalue weighted by atomic mass is 10.1. The number of amides is 4. The molecule has 0 aliphatic rings. The monoisotopic (exact) mass is 919 g/mol. The van der Waals surface area contributed by atoms with Gasteiger partial charge in [-0.3, -0.25) is 34.2 Å². The predicted octanol–water partition coefficient (Wildman–Crippen LogP) is 2.91. The molecule has 0 bridgehead atoms. The van der Waals surface area contributed by atoms with Crippen molar-refractivity contribution in [2.24, 2.45) is 55.3 Å². The molecule has 4 amide bonds. The number of carbonyl (C=O) groups is 4. The van der Waals surface area contributed by atoms with Crippen LogP contribution in [0.5, 0.6) is 0 Å². The summed E-state index contributed by atoms with van der Waals surface area (Å²) in [7, 11) is 0. The minimum Gasteiger partial charge on any atom is -0.380 e. The number of aliphatic imine (C=N–C) groups is 3. The summed E-state index contributed by atoms with van der Waals surface area (Å²) in [6, 6.07) is 6.76. The van der Waals surface area contributed by atoms with E-state index in [1.54, 1.807) is 38.1 Å². The van der Waals surface area contributed by atoms with E-state index >= 15 is 0 Å². The molecule has 0 aliphatic heterocycles. The average Bonchev–Trinajstić information content (AvgIpc) is 3.13. The maximum Gasteiger partial charge on any atom is 0.273 e. The molecule has 0 aromatic heterocycles. The molecule has 0 spiro atoms. The van der Waals surface area contributed by atoms with Crippen LogP contribution in [0.1, 0.15) is 52.4 Å². The van der Waals surface area contributed by atoms with Crippen LogP contribution in [0.4, 0.5) is 34.1 Å². The van der Waals surface area contributed by atoms with Crippen LogP contribution in [0.25, 0.3) is 0 Å². The second-order valence-electron chi connectivity index (χ2n) is 12.5. The smallest absolute Gasteiger partial charge is 0.273 e. The number of nitrogens with two attached hydrogens (primary N) is 6. The van der Waals surface area contributed by atoms with Gasteiger partial charge in [-0.25, -0.2) is 0 Å². The van der Waals surface area contributed by atoms with E-state index in [1.807, 2.05) is 0 Å². The van der Waals surface area contributed by atoms with Crippen LogP contribution >= 0.6 is 31.9 Å². The van der Waals surface area contributed by atoms with Crippen molar-refractivity contribution in [2.45, 2.75) is 52.4 Å². The van der Waals surface area contributed by atoms with E-state index in [-0.39, 0.29) is 55.4 Å². The fraction of sp³-hybridized carbons (Fsp3) is 0.417. The highest BCUT2D eigenvalue weighted by atomic mass is 79.9. The van der Waals surface area contributed by atoms with Gasteiger partial charge in [0.05, 0.1) is 40.0 Å². The molecule has 0 aliphatic carbocycles. The van der Waals surface area contributed by atoms with Crippen molar-refractivity contribution in [3.63, 3.8) is 0 Å². The van der Waals surface area contributed by atoms with Gasteiger partial charge in [0.2, 0.25) is 17.7 Å².